The summed E-state index contributed by atoms with van der Waals surface area (Å²) in [5.74, 6) is -0.0586. The van der Waals surface area contributed by atoms with Crippen LogP contribution in [0.15, 0.2) is 41.1 Å². The van der Waals surface area contributed by atoms with Crippen LogP contribution in [0.2, 0.25) is 0 Å². The van der Waals surface area contributed by atoms with Gasteiger partial charge in [-0.25, -0.2) is 0 Å². The summed E-state index contributed by atoms with van der Waals surface area (Å²) in [6.45, 7) is 3.31. The number of carbonyl (C=O) groups excluding carboxylic acids is 2. The molecule has 1 aliphatic heterocycles. The zero-order valence-electron chi connectivity index (χ0n) is 14.2. The van der Waals surface area contributed by atoms with E-state index < -0.39 is 5.54 Å². The van der Waals surface area contributed by atoms with Gasteiger partial charge < -0.3 is 5.32 Å². The Morgan fingerprint density at radius 2 is 2.08 bits per heavy atom. The maximum atomic E-state index is 13.0. The summed E-state index contributed by atoms with van der Waals surface area (Å²) in [5.41, 5.74) is 1.09. The highest BCUT2D eigenvalue weighted by atomic mass is 32.1. The largest absolute Gasteiger partial charge is 0.322 e. The highest BCUT2D eigenvalue weighted by Gasteiger charge is 2.43. The molecule has 26 heavy (non-hydrogen) atoms. The molecule has 0 aliphatic carbocycles. The van der Waals surface area contributed by atoms with Crippen molar-refractivity contribution in [1.82, 2.24) is 20.2 Å². The van der Waals surface area contributed by atoms with Gasteiger partial charge in [0.15, 0.2) is 0 Å². The molecule has 9 heteroatoms. The quantitative estimate of drug-likeness (QED) is 0.765. The first-order chi connectivity index (χ1) is 12.5. The van der Waals surface area contributed by atoms with Crippen molar-refractivity contribution in [3.63, 3.8) is 0 Å². The molecule has 0 unspecified atom stereocenters. The van der Waals surface area contributed by atoms with Crippen molar-refractivity contribution in [3.8, 4) is 11.4 Å². The number of thiophene rings is 1. The molecule has 0 fully saturated rings. The van der Waals surface area contributed by atoms with Gasteiger partial charge in [-0.2, -0.15) is 16.1 Å². The van der Waals surface area contributed by atoms with E-state index in [1.807, 2.05) is 29.0 Å². The topological polar surface area (TPSA) is 93.0 Å². The van der Waals surface area contributed by atoms with Crippen molar-refractivity contribution in [2.24, 2.45) is 0 Å². The van der Waals surface area contributed by atoms with Gasteiger partial charge in [-0.1, -0.05) is 12.1 Å². The van der Waals surface area contributed by atoms with Crippen LogP contribution in [0.4, 0.5) is 11.4 Å². The Labute approximate surface area is 153 Å². The maximum absolute atomic E-state index is 13.0. The highest BCUT2D eigenvalue weighted by molar-refractivity contribution is 7.08. The standard InChI is InChI=1S/C17H16N6O2S/c1-17(2)16(25)18-12-5-3-4-6-13(12)23(17)14(24)9-22-20-15(19-21-22)11-7-8-26-10-11/h3-8,10H,9H2,1-2H3,(H,18,25). The molecule has 2 aromatic heterocycles. The van der Waals surface area contributed by atoms with Gasteiger partial charge in [0.25, 0.3) is 5.91 Å². The van der Waals surface area contributed by atoms with Gasteiger partial charge >= 0.3 is 0 Å². The van der Waals surface area contributed by atoms with Crippen molar-refractivity contribution in [2.75, 3.05) is 10.2 Å². The summed E-state index contributed by atoms with van der Waals surface area (Å²) < 4.78 is 0. The lowest BCUT2D eigenvalue weighted by atomic mass is 9.96. The summed E-state index contributed by atoms with van der Waals surface area (Å²) in [6.07, 6.45) is 0. The first-order valence-corrected chi connectivity index (χ1v) is 8.95. The van der Waals surface area contributed by atoms with Gasteiger partial charge in [0.2, 0.25) is 11.7 Å². The molecule has 0 saturated heterocycles. The van der Waals surface area contributed by atoms with Crippen molar-refractivity contribution < 1.29 is 9.59 Å². The number of para-hydroxylation sites is 2. The molecule has 4 rings (SSSR count). The Balaban J connectivity index is 1.64. The summed E-state index contributed by atoms with van der Waals surface area (Å²) in [4.78, 5) is 28.2. The lowest BCUT2D eigenvalue weighted by Gasteiger charge is -2.41. The molecular formula is C17H16N6O2S. The summed E-state index contributed by atoms with van der Waals surface area (Å²) in [5, 5.41) is 18.9. The molecular weight excluding hydrogens is 352 g/mol. The minimum Gasteiger partial charge on any atom is -0.322 e. The van der Waals surface area contributed by atoms with Gasteiger partial charge in [-0.15, -0.1) is 10.2 Å². The van der Waals surface area contributed by atoms with Crippen LogP contribution in [0.5, 0.6) is 0 Å². The number of aromatic nitrogens is 4. The van der Waals surface area contributed by atoms with Crippen LogP contribution >= 0.6 is 11.3 Å². The van der Waals surface area contributed by atoms with E-state index in [1.54, 1.807) is 26.0 Å². The molecule has 3 aromatic rings. The Morgan fingerprint density at radius 3 is 2.85 bits per heavy atom. The van der Waals surface area contributed by atoms with Crippen LogP contribution in [0, 0.1) is 0 Å². The molecule has 8 nitrogen and oxygen atoms in total. The number of anilines is 2. The Kier molecular flexibility index (Phi) is 3.80. The van der Waals surface area contributed by atoms with Gasteiger partial charge in [-0.05, 0) is 42.6 Å². The number of benzene rings is 1. The van der Waals surface area contributed by atoms with Gasteiger partial charge in [0, 0.05) is 10.9 Å². The third kappa shape index (κ3) is 2.66. The number of tetrazole rings is 1. The molecule has 3 heterocycles. The van der Waals surface area contributed by atoms with Gasteiger partial charge in [0.05, 0.1) is 11.4 Å². The molecule has 0 atom stereocenters. The third-order valence-corrected chi connectivity index (χ3v) is 4.95. The van der Waals surface area contributed by atoms with Crippen LogP contribution in [-0.2, 0) is 16.1 Å². The summed E-state index contributed by atoms with van der Waals surface area (Å²) >= 11 is 1.54. The van der Waals surface area contributed by atoms with E-state index in [9.17, 15) is 9.59 Å². The number of nitrogens with one attached hydrogen (secondary N) is 1. The number of hydrogen-bond donors (Lipinski definition) is 1. The van der Waals surface area contributed by atoms with Crippen molar-refractivity contribution >= 4 is 34.5 Å². The molecule has 1 aliphatic rings. The van der Waals surface area contributed by atoms with Gasteiger partial charge in [0.1, 0.15) is 12.1 Å². The second-order valence-electron chi connectivity index (χ2n) is 6.41. The Bertz CT molecular complexity index is 979. The average molecular weight is 368 g/mol. The van der Waals surface area contributed by atoms with Crippen molar-refractivity contribution in [3.05, 3.63) is 41.1 Å². The number of hydrogen-bond acceptors (Lipinski definition) is 6. The fourth-order valence-electron chi connectivity index (χ4n) is 2.91. The van der Waals surface area contributed by atoms with E-state index in [0.29, 0.717) is 17.2 Å². The number of carbonyl (C=O) groups is 2. The molecule has 1 aromatic carbocycles. The first-order valence-electron chi connectivity index (χ1n) is 8.01. The fourth-order valence-corrected chi connectivity index (χ4v) is 3.54. The minimum atomic E-state index is -1.03. The molecule has 0 bridgehead atoms. The predicted octanol–water partition coefficient (Wildman–Crippen LogP) is 2.17. The SMILES string of the molecule is CC1(C)C(=O)Nc2ccccc2N1C(=O)Cn1nnc(-c2ccsc2)n1. The molecule has 0 saturated carbocycles. The summed E-state index contributed by atoms with van der Waals surface area (Å²) in [7, 11) is 0. The van der Waals surface area contributed by atoms with E-state index in [-0.39, 0.29) is 18.4 Å². The van der Waals surface area contributed by atoms with E-state index in [1.165, 1.54) is 21.0 Å². The Morgan fingerprint density at radius 1 is 1.27 bits per heavy atom. The van der Waals surface area contributed by atoms with Crippen LogP contribution in [0.25, 0.3) is 11.4 Å². The fraction of sp³-hybridized carbons (Fsp3) is 0.235. The monoisotopic (exact) mass is 368 g/mol. The van der Waals surface area contributed by atoms with E-state index in [4.69, 9.17) is 0 Å². The van der Waals surface area contributed by atoms with Crippen LogP contribution in [0.3, 0.4) is 0 Å². The third-order valence-electron chi connectivity index (χ3n) is 4.27. The molecule has 1 N–H and O–H groups in total. The minimum absolute atomic E-state index is 0.109. The van der Waals surface area contributed by atoms with Gasteiger partial charge in [-0.3, -0.25) is 14.5 Å². The maximum Gasteiger partial charge on any atom is 0.251 e. The number of amides is 2. The van der Waals surface area contributed by atoms with Crippen LogP contribution in [0.1, 0.15) is 13.8 Å². The predicted molar refractivity (Wildman–Crippen MR) is 97.8 cm³/mol. The highest BCUT2D eigenvalue weighted by Crippen LogP contribution is 2.36. The second kappa shape index (κ2) is 6.03. The number of nitrogens with zero attached hydrogens (tertiary/aromatic N) is 5. The van der Waals surface area contributed by atoms with E-state index >= 15 is 0 Å². The average Bonchev–Trinajstić information content (AvgIpc) is 3.26. The molecule has 2 amide bonds. The van der Waals surface area contributed by atoms with Crippen LogP contribution in [-0.4, -0.2) is 37.6 Å². The summed E-state index contributed by atoms with van der Waals surface area (Å²) in [6, 6.07) is 9.11. The zero-order valence-corrected chi connectivity index (χ0v) is 15.0. The second-order valence-corrected chi connectivity index (χ2v) is 7.19. The van der Waals surface area contributed by atoms with E-state index in [2.05, 4.69) is 20.7 Å². The normalized spacial score (nSPS) is 15.5. The first kappa shape index (κ1) is 16.4. The number of rotatable bonds is 3. The lowest BCUT2D eigenvalue weighted by molar-refractivity contribution is -0.127. The smallest absolute Gasteiger partial charge is 0.251 e. The number of fused-ring (bicyclic) bond motifs is 1. The lowest BCUT2D eigenvalue weighted by Crippen LogP contribution is -2.59. The Hall–Kier alpha value is -3.07. The van der Waals surface area contributed by atoms with E-state index in [0.717, 1.165) is 5.56 Å². The molecule has 0 radical (unpaired) electrons. The van der Waals surface area contributed by atoms with Crippen molar-refractivity contribution in [2.45, 2.75) is 25.9 Å². The molecule has 0 spiro atoms. The van der Waals surface area contributed by atoms with Crippen molar-refractivity contribution in [1.29, 1.82) is 0 Å². The zero-order chi connectivity index (χ0) is 18.3. The van der Waals surface area contributed by atoms with Crippen LogP contribution < -0.4 is 10.2 Å². The molecule has 132 valence electrons.